The average molecular weight is 314 g/mol. The van der Waals surface area contributed by atoms with Gasteiger partial charge in [-0.15, -0.1) is 0 Å². The molecule has 0 aliphatic heterocycles. The van der Waals surface area contributed by atoms with E-state index in [1.165, 1.54) is 0 Å². The maximum Gasteiger partial charge on any atom is 0.251 e. The quantitative estimate of drug-likeness (QED) is 0.847. The highest BCUT2D eigenvalue weighted by Gasteiger charge is 2.21. The van der Waals surface area contributed by atoms with Crippen LogP contribution >= 0.6 is 0 Å². The first kappa shape index (κ1) is 17.3. The summed E-state index contributed by atoms with van der Waals surface area (Å²) >= 11 is 0. The van der Waals surface area contributed by atoms with Gasteiger partial charge in [0.15, 0.2) is 0 Å². The lowest BCUT2D eigenvalue weighted by atomic mass is 10.0. The van der Waals surface area contributed by atoms with Crippen molar-refractivity contribution in [3.05, 3.63) is 59.0 Å². The molecule has 0 unspecified atom stereocenters. The van der Waals surface area contributed by atoms with Crippen LogP contribution in [-0.4, -0.2) is 30.4 Å². The molecular formula is C19H26N2O2. The van der Waals surface area contributed by atoms with Crippen molar-refractivity contribution < 1.29 is 9.21 Å². The molecule has 0 aliphatic carbocycles. The molecule has 0 saturated heterocycles. The summed E-state index contributed by atoms with van der Waals surface area (Å²) in [4.78, 5) is 14.8. The second-order valence-corrected chi connectivity index (χ2v) is 5.78. The Kier molecular flexibility index (Phi) is 5.99. The van der Waals surface area contributed by atoms with Crippen LogP contribution in [0.3, 0.4) is 0 Å². The smallest absolute Gasteiger partial charge is 0.251 e. The normalized spacial score (nSPS) is 12.4. The number of hydrogen-bond donors (Lipinski definition) is 1. The minimum absolute atomic E-state index is 0.0325. The molecule has 0 bridgehead atoms. The standard InChI is InChI=1S/C19H26N2O2/c1-5-21(6-2)17(18-8-7-11-23-18)13-20-19(22)16-12-14(3)9-10-15(16)4/h7-12,17H,5-6,13H2,1-4H3,(H,20,22)/t17-/m1/s1. The predicted molar refractivity (Wildman–Crippen MR) is 92.6 cm³/mol. The number of carbonyl (C=O) groups excluding carboxylic acids is 1. The summed E-state index contributed by atoms with van der Waals surface area (Å²) in [5.74, 6) is 0.852. The SMILES string of the molecule is CCN(CC)[C@H](CNC(=O)c1cc(C)ccc1C)c1ccco1. The Hall–Kier alpha value is -2.07. The molecule has 1 heterocycles. The highest BCUT2D eigenvalue weighted by Crippen LogP contribution is 2.20. The first-order chi connectivity index (χ1) is 11.1. The molecule has 2 aromatic rings. The van der Waals surface area contributed by atoms with Crippen molar-refractivity contribution in [1.29, 1.82) is 0 Å². The van der Waals surface area contributed by atoms with Crippen molar-refractivity contribution in [3.63, 3.8) is 0 Å². The highest BCUT2D eigenvalue weighted by molar-refractivity contribution is 5.95. The van der Waals surface area contributed by atoms with Crippen LogP contribution in [0.25, 0.3) is 0 Å². The zero-order chi connectivity index (χ0) is 16.8. The number of carbonyl (C=O) groups is 1. The van der Waals surface area contributed by atoms with Gasteiger partial charge in [0.2, 0.25) is 0 Å². The number of furan rings is 1. The van der Waals surface area contributed by atoms with E-state index >= 15 is 0 Å². The molecule has 1 N–H and O–H groups in total. The molecule has 0 fully saturated rings. The van der Waals surface area contributed by atoms with E-state index in [9.17, 15) is 4.79 Å². The summed E-state index contributed by atoms with van der Waals surface area (Å²) in [5, 5.41) is 3.06. The molecule has 124 valence electrons. The average Bonchev–Trinajstić information content (AvgIpc) is 3.07. The number of hydrogen-bond acceptors (Lipinski definition) is 3. The van der Waals surface area contributed by atoms with E-state index in [0.29, 0.717) is 6.54 Å². The van der Waals surface area contributed by atoms with Gasteiger partial charge in [-0.05, 0) is 50.7 Å². The number of aryl methyl sites for hydroxylation is 2. The summed E-state index contributed by atoms with van der Waals surface area (Å²) in [6, 6.07) is 9.84. The third kappa shape index (κ3) is 4.23. The predicted octanol–water partition coefficient (Wildman–Crippen LogP) is 3.71. The molecule has 4 nitrogen and oxygen atoms in total. The number of amides is 1. The molecule has 23 heavy (non-hydrogen) atoms. The van der Waals surface area contributed by atoms with Gasteiger partial charge in [0.25, 0.3) is 5.91 Å². The Balaban J connectivity index is 2.12. The van der Waals surface area contributed by atoms with E-state index in [0.717, 1.165) is 35.5 Å². The second kappa shape index (κ2) is 7.97. The van der Waals surface area contributed by atoms with Crippen molar-refractivity contribution >= 4 is 5.91 Å². The fraction of sp³-hybridized carbons (Fsp3) is 0.421. The maximum atomic E-state index is 12.5. The van der Waals surface area contributed by atoms with E-state index in [1.807, 2.05) is 44.2 Å². The Morgan fingerprint density at radius 1 is 1.22 bits per heavy atom. The topological polar surface area (TPSA) is 45.5 Å². The van der Waals surface area contributed by atoms with Gasteiger partial charge in [0, 0.05) is 12.1 Å². The molecule has 1 amide bonds. The summed E-state index contributed by atoms with van der Waals surface area (Å²) in [6.07, 6.45) is 1.68. The summed E-state index contributed by atoms with van der Waals surface area (Å²) in [6.45, 7) is 10.5. The van der Waals surface area contributed by atoms with Gasteiger partial charge in [-0.25, -0.2) is 0 Å². The van der Waals surface area contributed by atoms with Gasteiger partial charge in [0.1, 0.15) is 5.76 Å². The van der Waals surface area contributed by atoms with Gasteiger partial charge in [-0.2, -0.15) is 0 Å². The summed E-state index contributed by atoms with van der Waals surface area (Å²) in [7, 11) is 0. The Labute approximate surface area is 138 Å². The van der Waals surface area contributed by atoms with Gasteiger partial charge in [-0.1, -0.05) is 31.5 Å². The minimum atomic E-state index is -0.0325. The monoisotopic (exact) mass is 314 g/mol. The number of nitrogens with one attached hydrogen (secondary N) is 1. The van der Waals surface area contributed by atoms with Gasteiger partial charge >= 0.3 is 0 Å². The fourth-order valence-corrected chi connectivity index (χ4v) is 2.82. The van der Waals surface area contributed by atoms with Crippen molar-refractivity contribution in [3.8, 4) is 0 Å². The highest BCUT2D eigenvalue weighted by atomic mass is 16.3. The number of benzene rings is 1. The van der Waals surface area contributed by atoms with Crippen LogP contribution in [0.5, 0.6) is 0 Å². The van der Waals surface area contributed by atoms with Crippen LogP contribution < -0.4 is 5.32 Å². The first-order valence-corrected chi connectivity index (χ1v) is 8.19. The largest absolute Gasteiger partial charge is 0.468 e. The zero-order valence-corrected chi connectivity index (χ0v) is 14.4. The van der Waals surface area contributed by atoms with Crippen molar-refractivity contribution in [2.75, 3.05) is 19.6 Å². The van der Waals surface area contributed by atoms with Crippen molar-refractivity contribution in [1.82, 2.24) is 10.2 Å². The molecule has 0 spiro atoms. The molecule has 1 aromatic heterocycles. The summed E-state index contributed by atoms with van der Waals surface area (Å²) in [5.41, 5.74) is 2.82. The van der Waals surface area contributed by atoms with Crippen LogP contribution in [0, 0.1) is 13.8 Å². The van der Waals surface area contributed by atoms with Crippen LogP contribution in [0.2, 0.25) is 0 Å². The second-order valence-electron chi connectivity index (χ2n) is 5.78. The fourth-order valence-electron chi connectivity index (χ4n) is 2.82. The van der Waals surface area contributed by atoms with Crippen LogP contribution in [0.4, 0.5) is 0 Å². The summed E-state index contributed by atoms with van der Waals surface area (Å²) < 4.78 is 5.57. The molecular weight excluding hydrogens is 288 g/mol. The van der Waals surface area contributed by atoms with Gasteiger partial charge in [0.05, 0.1) is 12.3 Å². The lowest BCUT2D eigenvalue weighted by Crippen LogP contribution is -2.38. The maximum absolute atomic E-state index is 12.5. The molecule has 1 aromatic carbocycles. The molecule has 1 atom stereocenters. The van der Waals surface area contributed by atoms with Gasteiger partial charge < -0.3 is 9.73 Å². The first-order valence-electron chi connectivity index (χ1n) is 8.19. The molecule has 0 radical (unpaired) electrons. The van der Waals surface area contributed by atoms with Crippen LogP contribution in [-0.2, 0) is 0 Å². The third-order valence-corrected chi connectivity index (χ3v) is 4.22. The van der Waals surface area contributed by atoms with E-state index in [2.05, 4.69) is 24.1 Å². The Morgan fingerprint density at radius 2 is 1.96 bits per heavy atom. The lowest BCUT2D eigenvalue weighted by molar-refractivity contribution is 0.0929. The number of rotatable bonds is 7. The van der Waals surface area contributed by atoms with E-state index in [-0.39, 0.29) is 11.9 Å². The van der Waals surface area contributed by atoms with Crippen molar-refractivity contribution in [2.45, 2.75) is 33.7 Å². The number of likely N-dealkylation sites (N-methyl/N-ethyl adjacent to an activating group) is 1. The van der Waals surface area contributed by atoms with E-state index in [4.69, 9.17) is 4.42 Å². The lowest BCUT2D eigenvalue weighted by Gasteiger charge is -2.28. The van der Waals surface area contributed by atoms with E-state index in [1.54, 1.807) is 6.26 Å². The molecule has 4 heteroatoms. The van der Waals surface area contributed by atoms with Crippen molar-refractivity contribution in [2.24, 2.45) is 0 Å². The minimum Gasteiger partial charge on any atom is -0.468 e. The Bertz CT molecular complexity index is 631. The van der Waals surface area contributed by atoms with E-state index < -0.39 is 0 Å². The zero-order valence-electron chi connectivity index (χ0n) is 14.4. The van der Waals surface area contributed by atoms with Gasteiger partial charge in [-0.3, -0.25) is 9.69 Å². The third-order valence-electron chi connectivity index (χ3n) is 4.22. The molecule has 2 rings (SSSR count). The Morgan fingerprint density at radius 3 is 2.57 bits per heavy atom. The van der Waals surface area contributed by atoms with Crippen LogP contribution in [0.1, 0.15) is 47.1 Å². The molecule has 0 aliphatic rings. The molecule has 0 saturated carbocycles. The number of nitrogens with zero attached hydrogens (tertiary/aromatic N) is 1. The van der Waals surface area contributed by atoms with Crippen LogP contribution in [0.15, 0.2) is 41.0 Å².